The molecule has 88 valence electrons. The topological polar surface area (TPSA) is 53.4 Å². The molecule has 0 aromatic carbocycles. The third-order valence-electron chi connectivity index (χ3n) is 2.38. The Morgan fingerprint density at radius 3 is 2.75 bits per heavy atom. The summed E-state index contributed by atoms with van der Waals surface area (Å²) < 4.78 is 0. The molecule has 0 saturated heterocycles. The molecule has 0 fully saturated rings. The first-order valence-electron chi connectivity index (χ1n) is 5.58. The summed E-state index contributed by atoms with van der Waals surface area (Å²) in [5.74, 6) is 0.813. The van der Waals surface area contributed by atoms with Crippen molar-refractivity contribution in [2.75, 3.05) is 24.6 Å². The Labute approximate surface area is 95.9 Å². The fourth-order valence-corrected chi connectivity index (χ4v) is 1.46. The minimum atomic E-state index is 0.112. The lowest BCUT2D eigenvalue weighted by Crippen LogP contribution is -2.28. The van der Waals surface area contributed by atoms with Crippen LogP contribution in [-0.2, 0) is 0 Å². The number of nitrogens with zero attached hydrogens (tertiary/aromatic N) is 2. The van der Waals surface area contributed by atoms with E-state index in [4.69, 9.17) is 5.11 Å². The zero-order chi connectivity index (χ0) is 11.8. The molecular formula is C12H18N2O2. The van der Waals surface area contributed by atoms with Gasteiger partial charge in [0.2, 0.25) is 0 Å². The minimum Gasteiger partial charge on any atom is -0.395 e. The number of hydrogen-bond donors (Lipinski definition) is 1. The van der Waals surface area contributed by atoms with Crippen LogP contribution in [0.15, 0.2) is 18.3 Å². The number of aldehydes is 1. The second-order valence-electron chi connectivity index (χ2n) is 3.63. The SMILES string of the molecule is CCCCN(CCO)c1ccc(C=O)cn1. The molecule has 0 saturated carbocycles. The van der Waals surface area contributed by atoms with Crippen molar-refractivity contribution in [3.63, 3.8) is 0 Å². The first kappa shape index (κ1) is 12.6. The fourth-order valence-electron chi connectivity index (χ4n) is 1.46. The summed E-state index contributed by atoms with van der Waals surface area (Å²) in [4.78, 5) is 16.7. The van der Waals surface area contributed by atoms with Gasteiger partial charge in [-0.05, 0) is 18.6 Å². The number of aliphatic hydroxyl groups excluding tert-OH is 1. The van der Waals surface area contributed by atoms with E-state index in [2.05, 4.69) is 11.9 Å². The molecule has 0 bridgehead atoms. The summed E-state index contributed by atoms with van der Waals surface area (Å²) in [7, 11) is 0. The Kier molecular flexibility index (Phi) is 5.50. The number of rotatable bonds is 7. The van der Waals surface area contributed by atoms with Gasteiger partial charge in [0.05, 0.1) is 6.61 Å². The number of carbonyl (C=O) groups excluding carboxylic acids is 1. The van der Waals surface area contributed by atoms with Gasteiger partial charge in [-0.25, -0.2) is 4.98 Å². The van der Waals surface area contributed by atoms with Crippen molar-refractivity contribution in [3.8, 4) is 0 Å². The van der Waals surface area contributed by atoms with Gasteiger partial charge in [-0.15, -0.1) is 0 Å². The van der Waals surface area contributed by atoms with Gasteiger partial charge >= 0.3 is 0 Å². The first-order valence-corrected chi connectivity index (χ1v) is 5.58. The van der Waals surface area contributed by atoms with Gasteiger partial charge < -0.3 is 10.0 Å². The van der Waals surface area contributed by atoms with E-state index in [1.54, 1.807) is 12.3 Å². The third kappa shape index (κ3) is 3.62. The predicted molar refractivity (Wildman–Crippen MR) is 63.8 cm³/mol. The maximum Gasteiger partial charge on any atom is 0.151 e. The van der Waals surface area contributed by atoms with Gasteiger partial charge in [0.1, 0.15) is 5.82 Å². The summed E-state index contributed by atoms with van der Waals surface area (Å²) in [5.41, 5.74) is 0.572. The third-order valence-corrected chi connectivity index (χ3v) is 2.38. The van der Waals surface area contributed by atoms with E-state index in [0.717, 1.165) is 31.5 Å². The monoisotopic (exact) mass is 222 g/mol. The van der Waals surface area contributed by atoms with Gasteiger partial charge in [-0.2, -0.15) is 0 Å². The van der Waals surface area contributed by atoms with Crippen LogP contribution in [0.25, 0.3) is 0 Å². The number of pyridine rings is 1. The smallest absolute Gasteiger partial charge is 0.151 e. The zero-order valence-corrected chi connectivity index (χ0v) is 9.59. The van der Waals surface area contributed by atoms with Crippen molar-refractivity contribution in [3.05, 3.63) is 23.9 Å². The molecule has 0 aliphatic carbocycles. The largest absolute Gasteiger partial charge is 0.395 e. The van der Waals surface area contributed by atoms with Crippen LogP contribution in [0.5, 0.6) is 0 Å². The molecule has 1 aromatic heterocycles. The number of hydrogen-bond acceptors (Lipinski definition) is 4. The van der Waals surface area contributed by atoms with Gasteiger partial charge in [0, 0.05) is 24.8 Å². The fraction of sp³-hybridized carbons (Fsp3) is 0.500. The first-order chi connectivity index (χ1) is 7.81. The molecule has 0 atom stereocenters. The molecule has 16 heavy (non-hydrogen) atoms. The molecule has 0 aliphatic heterocycles. The van der Waals surface area contributed by atoms with E-state index in [1.165, 1.54) is 0 Å². The Morgan fingerprint density at radius 1 is 1.44 bits per heavy atom. The van der Waals surface area contributed by atoms with Crippen LogP contribution in [0.4, 0.5) is 5.82 Å². The number of aliphatic hydroxyl groups is 1. The second-order valence-corrected chi connectivity index (χ2v) is 3.63. The van der Waals surface area contributed by atoms with E-state index in [0.29, 0.717) is 12.1 Å². The Hall–Kier alpha value is -1.42. The van der Waals surface area contributed by atoms with Crippen LogP contribution in [0.2, 0.25) is 0 Å². The van der Waals surface area contributed by atoms with E-state index >= 15 is 0 Å². The van der Waals surface area contributed by atoms with Gasteiger partial charge in [-0.3, -0.25) is 4.79 Å². The molecule has 0 amide bonds. The molecule has 0 spiro atoms. The summed E-state index contributed by atoms with van der Waals surface area (Å²) in [6.45, 7) is 3.69. The Balaban J connectivity index is 2.70. The van der Waals surface area contributed by atoms with Crippen LogP contribution in [-0.4, -0.2) is 36.1 Å². The standard InChI is InChI=1S/C12H18N2O2/c1-2-3-6-14(7-8-15)12-5-4-11(10-16)9-13-12/h4-5,9-10,15H,2-3,6-8H2,1H3. The summed E-state index contributed by atoms with van der Waals surface area (Å²) in [5, 5.41) is 8.97. The van der Waals surface area contributed by atoms with E-state index in [1.807, 2.05) is 11.0 Å². The second kappa shape index (κ2) is 6.95. The van der Waals surface area contributed by atoms with Crippen molar-refractivity contribution in [2.24, 2.45) is 0 Å². The van der Waals surface area contributed by atoms with Crippen molar-refractivity contribution < 1.29 is 9.90 Å². The molecule has 0 radical (unpaired) electrons. The molecule has 1 rings (SSSR count). The Bertz CT molecular complexity index is 311. The highest BCUT2D eigenvalue weighted by atomic mass is 16.3. The molecule has 0 unspecified atom stereocenters. The van der Waals surface area contributed by atoms with Gasteiger partial charge in [0.15, 0.2) is 6.29 Å². The maximum absolute atomic E-state index is 10.5. The van der Waals surface area contributed by atoms with Crippen LogP contribution >= 0.6 is 0 Å². The summed E-state index contributed by atoms with van der Waals surface area (Å²) in [6, 6.07) is 3.56. The van der Waals surface area contributed by atoms with Crippen molar-refractivity contribution in [1.29, 1.82) is 0 Å². The normalized spacial score (nSPS) is 10.1. The van der Waals surface area contributed by atoms with Crippen molar-refractivity contribution in [2.45, 2.75) is 19.8 Å². The lowest BCUT2D eigenvalue weighted by atomic mass is 10.2. The molecule has 1 N–H and O–H groups in total. The highest BCUT2D eigenvalue weighted by Gasteiger charge is 2.06. The number of carbonyl (C=O) groups is 1. The van der Waals surface area contributed by atoms with E-state index in [-0.39, 0.29) is 6.61 Å². The van der Waals surface area contributed by atoms with Crippen LogP contribution in [0, 0.1) is 0 Å². The van der Waals surface area contributed by atoms with Gasteiger partial charge in [0.25, 0.3) is 0 Å². The quantitative estimate of drug-likeness (QED) is 0.710. The summed E-state index contributed by atoms with van der Waals surface area (Å²) >= 11 is 0. The Morgan fingerprint density at radius 2 is 2.25 bits per heavy atom. The molecule has 0 aliphatic rings. The maximum atomic E-state index is 10.5. The lowest BCUT2D eigenvalue weighted by molar-refractivity contribution is 0.112. The number of aromatic nitrogens is 1. The average Bonchev–Trinajstić information content (AvgIpc) is 2.35. The molecule has 1 heterocycles. The molecule has 4 nitrogen and oxygen atoms in total. The number of anilines is 1. The zero-order valence-electron chi connectivity index (χ0n) is 9.59. The molecular weight excluding hydrogens is 204 g/mol. The van der Waals surface area contributed by atoms with Crippen molar-refractivity contribution in [1.82, 2.24) is 4.98 Å². The van der Waals surface area contributed by atoms with Crippen LogP contribution in [0.1, 0.15) is 30.1 Å². The average molecular weight is 222 g/mol. The van der Waals surface area contributed by atoms with E-state index in [9.17, 15) is 4.79 Å². The van der Waals surface area contributed by atoms with Crippen LogP contribution < -0.4 is 4.90 Å². The van der Waals surface area contributed by atoms with Crippen molar-refractivity contribution >= 4 is 12.1 Å². The highest BCUT2D eigenvalue weighted by Crippen LogP contribution is 2.11. The summed E-state index contributed by atoms with van der Waals surface area (Å²) in [6.07, 6.45) is 4.50. The van der Waals surface area contributed by atoms with Gasteiger partial charge in [-0.1, -0.05) is 13.3 Å². The highest BCUT2D eigenvalue weighted by molar-refractivity contribution is 5.74. The molecule has 4 heteroatoms. The van der Waals surface area contributed by atoms with Crippen LogP contribution in [0.3, 0.4) is 0 Å². The lowest BCUT2D eigenvalue weighted by Gasteiger charge is -2.22. The molecule has 1 aromatic rings. The minimum absolute atomic E-state index is 0.112. The number of unbranched alkanes of at least 4 members (excludes halogenated alkanes) is 1. The predicted octanol–water partition coefficient (Wildman–Crippen LogP) is 1.49. The van der Waals surface area contributed by atoms with E-state index < -0.39 is 0 Å².